The van der Waals surface area contributed by atoms with Crippen molar-refractivity contribution in [2.45, 2.75) is 51.6 Å². The number of aliphatic hydroxyl groups is 1. The number of aromatic nitrogens is 1. The zero-order valence-corrected chi connectivity index (χ0v) is 11.2. The van der Waals surface area contributed by atoms with Gasteiger partial charge >= 0.3 is 0 Å². The van der Waals surface area contributed by atoms with Gasteiger partial charge in [-0.2, -0.15) is 0 Å². The van der Waals surface area contributed by atoms with E-state index >= 15 is 0 Å². The van der Waals surface area contributed by atoms with Crippen LogP contribution in [0.25, 0.3) is 0 Å². The summed E-state index contributed by atoms with van der Waals surface area (Å²) in [6.45, 7) is 2.52. The Morgan fingerprint density at radius 3 is 2.44 bits per heavy atom. The lowest BCUT2D eigenvalue weighted by atomic mass is 9.73. The predicted octanol–water partition coefficient (Wildman–Crippen LogP) is 2.72. The van der Waals surface area contributed by atoms with Gasteiger partial charge in [-0.3, -0.25) is 4.98 Å². The molecule has 0 spiro atoms. The smallest absolute Gasteiger partial charge is 0.0873 e. The summed E-state index contributed by atoms with van der Waals surface area (Å²) in [4.78, 5) is 4.28. The molecule has 0 aliphatic heterocycles. The second kappa shape index (κ2) is 5.81. The molecule has 1 aliphatic rings. The van der Waals surface area contributed by atoms with Gasteiger partial charge in [-0.25, -0.2) is 0 Å². The topological polar surface area (TPSA) is 59.1 Å². The zero-order valence-electron chi connectivity index (χ0n) is 11.2. The first-order valence-corrected chi connectivity index (χ1v) is 6.99. The molecule has 0 aromatic carbocycles. The highest BCUT2D eigenvalue weighted by Crippen LogP contribution is 2.44. The molecule has 100 valence electrons. The minimum Gasteiger partial charge on any atom is -0.388 e. The van der Waals surface area contributed by atoms with Gasteiger partial charge in [0.25, 0.3) is 0 Å². The van der Waals surface area contributed by atoms with E-state index in [9.17, 15) is 5.11 Å². The van der Waals surface area contributed by atoms with Gasteiger partial charge in [0.05, 0.1) is 6.10 Å². The van der Waals surface area contributed by atoms with Crippen LogP contribution in [-0.4, -0.2) is 16.6 Å². The molecule has 0 amide bonds. The lowest BCUT2D eigenvalue weighted by Gasteiger charge is -2.36. The van der Waals surface area contributed by atoms with Crippen molar-refractivity contribution < 1.29 is 5.11 Å². The number of hydrogen-bond donors (Lipinski definition) is 2. The van der Waals surface area contributed by atoms with Crippen molar-refractivity contribution in [2.24, 2.45) is 11.1 Å². The molecular weight excluding hydrogens is 224 g/mol. The lowest BCUT2D eigenvalue weighted by molar-refractivity contribution is 0.0164. The number of nitrogens with two attached hydrogens (primary N) is 1. The first-order valence-electron chi connectivity index (χ1n) is 6.99. The predicted molar refractivity (Wildman–Crippen MR) is 73.1 cm³/mol. The molecule has 1 saturated carbocycles. The van der Waals surface area contributed by atoms with E-state index in [1.54, 1.807) is 6.20 Å². The molecular formula is C15H24N2O. The maximum absolute atomic E-state index is 10.7. The summed E-state index contributed by atoms with van der Waals surface area (Å²) in [5, 5.41) is 10.7. The summed E-state index contributed by atoms with van der Waals surface area (Å²) in [5.41, 5.74) is 7.74. The number of rotatable bonds is 3. The largest absolute Gasteiger partial charge is 0.388 e. The van der Waals surface area contributed by atoms with Crippen molar-refractivity contribution in [2.75, 3.05) is 6.54 Å². The molecule has 1 unspecified atom stereocenters. The third-order valence-electron chi connectivity index (χ3n) is 4.34. The minimum absolute atomic E-state index is 0.145. The molecule has 1 heterocycles. The van der Waals surface area contributed by atoms with Crippen LogP contribution in [0.15, 0.2) is 18.3 Å². The lowest BCUT2D eigenvalue weighted by Crippen LogP contribution is -2.36. The van der Waals surface area contributed by atoms with Gasteiger partial charge in [-0.05, 0) is 31.4 Å². The maximum Gasteiger partial charge on any atom is 0.0873 e. The standard InChI is InChI=1S/C15H24N2O/c1-12-6-7-13(10-17-12)14(18)15(11-16)8-4-2-3-5-9-15/h6-7,10,14,18H,2-5,8-9,11,16H2,1H3. The van der Waals surface area contributed by atoms with Crippen LogP contribution < -0.4 is 5.73 Å². The molecule has 1 atom stereocenters. The van der Waals surface area contributed by atoms with Crippen molar-refractivity contribution in [3.63, 3.8) is 0 Å². The number of pyridine rings is 1. The van der Waals surface area contributed by atoms with Gasteiger partial charge < -0.3 is 10.8 Å². The van der Waals surface area contributed by atoms with E-state index in [2.05, 4.69) is 4.98 Å². The summed E-state index contributed by atoms with van der Waals surface area (Å²) < 4.78 is 0. The average molecular weight is 248 g/mol. The van der Waals surface area contributed by atoms with Crippen LogP contribution in [0.1, 0.15) is 55.9 Å². The zero-order chi connectivity index (χ0) is 13.0. The summed E-state index contributed by atoms with van der Waals surface area (Å²) in [7, 11) is 0. The first kappa shape index (κ1) is 13.5. The highest BCUT2D eigenvalue weighted by Gasteiger charge is 2.37. The molecule has 2 rings (SSSR count). The molecule has 1 aromatic rings. The highest BCUT2D eigenvalue weighted by atomic mass is 16.3. The fourth-order valence-electron chi connectivity index (χ4n) is 3.02. The molecule has 1 aromatic heterocycles. The molecule has 0 bridgehead atoms. The molecule has 1 fully saturated rings. The Morgan fingerprint density at radius 2 is 1.94 bits per heavy atom. The number of aryl methyl sites for hydroxylation is 1. The van der Waals surface area contributed by atoms with Crippen LogP contribution in [0.5, 0.6) is 0 Å². The van der Waals surface area contributed by atoms with Gasteiger partial charge in [-0.1, -0.05) is 31.7 Å². The number of aliphatic hydroxyl groups excluding tert-OH is 1. The van der Waals surface area contributed by atoms with Crippen LogP contribution in [-0.2, 0) is 0 Å². The SMILES string of the molecule is Cc1ccc(C(O)C2(CN)CCCCCC2)cn1. The van der Waals surface area contributed by atoms with Gasteiger partial charge in [0.1, 0.15) is 0 Å². The fraction of sp³-hybridized carbons (Fsp3) is 0.667. The van der Waals surface area contributed by atoms with E-state index in [-0.39, 0.29) is 5.41 Å². The summed E-state index contributed by atoms with van der Waals surface area (Å²) in [5.74, 6) is 0. The summed E-state index contributed by atoms with van der Waals surface area (Å²) in [6.07, 6.45) is 8.25. The Kier molecular flexibility index (Phi) is 4.36. The molecule has 3 N–H and O–H groups in total. The van der Waals surface area contributed by atoms with E-state index in [4.69, 9.17) is 5.73 Å². The Labute approximate surface area is 109 Å². The minimum atomic E-state index is -0.478. The fourth-order valence-corrected chi connectivity index (χ4v) is 3.02. The Bertz CT molecular complexity index is 367. The Morgan fingerprint density at radius 1 is 1.28 bits per heavy atom. The third kappa shape index (κ3) is 2.73. The summed E-state index contributed by atoms with van der Waals surface area (Å²) >= 11 is 0. The maximum atomic E-state index is 10.7. The van der Waals surface area contributed by atoms with Crippen LogP contribution in [0.2, 0.25) is 0 Å². The Balaban J connectivity index is 2.22. The van der Waals surface area contributed by atoms with Crippen molar-refractivity contribution >= 4 is 0 Å². The quantitative estimate of drug-likeness (QED) is 0.809. The summed E-state index contributed by atoms with van der Waals surface area (Å²) in [6, 6.07) is 3.94. The molecule has 18 heavy (non-hydrogen) atoms. The van der Waals surface area contributed by atoms with Crippen LogP contribution in [0, 0.1) is 12.3 Å². The van der Waals surface area contributed by atoms with E-state index in [0.29, 0.717) is 6.54 Å². The van der Waals surface area contributed by atoms with Gasteiger partial charge in [0, 0.05) is 23.9 Å². The van der Waals surface area contributed by atoms with Gasteiger partial charge in [0.15, 0.2) is 0 Å². The van der Waals surface area contributed by atoms with Crippen molar-refractivity contribution in [3.05, 3.63) is 29.6 Å². The molecule has 3 nitrogen and oxygen atoms in total. The number of hydrogen-bond acceptors (Lipinski definition) is 3. The van der Waals surface area contributed by atoms with E-state index in [1.165, 1.54) is 25.7 Å². The molecule has 0 radical (unpaired) electrons. The van der Waals surface area contributed by atoms with Crippen molar-refractivity contribution in [3.8, 4) is 0 Å². The Hall–Kier alpha value is -0.930. The monoisotopic (exact) mass is 248 g/mol. The molecule has 1 aliphatic carbocycles. The van der Waals surface area contributed by atoms with Gasteiger partial charge in [0.2, 0.25) is 0 Å². The van der Waals surface area contributed by atoms with E-state index in [1.807, 2.05) is 19.1 Å². The van der Waals surface area contributed by atoms with Gasteiger partial charge in [-0.15, -0.1) is 0 Å². The third-order valence-corrected chi connectivity index (χ3v) is 4.34. The molecule has 3 heteroatoms. The van der Waals surface area contributed by atoms with E-state index < -0.39 is 6.10 Å². The second-order valence-corrected chi connectivity index (χ2v) is 5.62. The first-order chi connectivity index (χ1) is 8.68. The van der Waals surface area contributed by atoms with E-state index in [0.717, 1.165) is 24.1 Å². The second-order valence-electron chi connectivity index (χ2n) is 5.62. The van der Waals surface area contributed by atoms with Crippen LogP contribution >= 0.6 is 0 Å². The number of nitrogens with zero attached hydrogens (tertiary/aromatic N) is 1. The molecule has 0 saturated heterocycles. The van der Waals surface area contributed by atoms with Crippen LogP contribution in [0.4, 0.5) is 0 Å². The van der Waals surface area contributed by atoms with Crippen molar-refractivity contribution in [1.29, 1.82) is 0 Å². The normalized spacial score (nSPS) is 21.3. The highest BCUT2D eigenvalue weighted by molar-refractivity contribution is 5.18. The van der Waals surface area contributed by atoms with Crippen molar-refractivity contribution in [1.82, 2.24) is 4.98 Å². The average Bonchev–Trinajstić information content (AvgIpc) is 2.65. The van der Waals surface area contributed by atoms with Crippen LogP contribution in [0.3, 0.4) is 0 Å².